The molecular formula is C26H35N5O4S2. The van der Waals surface area contributed by atoms with Gasteiger partial charge in [-0.15, -0.1) is 11.3 Å². The third-order valence-corrected chi connectivity index (χ3v) is 9.78. The molecular weight excluding hydrogens is 510 g/mol. The third-order valence-electron chi connectivity index (χ3n) is 7.36. The molecule has 2 saturated heterocycles. The summed E-state index contributed by atoms with van der Waals surface area (Å²) < 4.78 is 34.0. The predicted octanol–water partition coefficient (Wildman–Crippen LogP) is 2.60. The Kier molecular flexibility index (Phi) is 7.69. The summed E-state index contributed by atoms with van der Waals surface area (Å²) in [5, 5.41) is 0.704. The maximum Gasteiger partial charge on any atom is 0.259 e. The molecule has 9 nitrogen and oxygen atoms in total. The summed E-state index contributed by atoms with van der Waals surface area (Å²) in [5.74, 6) is 0.591. The number of thiophene rings is 1. The maximum atomic E-state index is 13.0. The number of aryl methyl sites for hydroxylation is 1. The number of rotatable bonds is 8. The van der Waals surface area contributed by atoms with E-state index in [0.717, 1.165) is 40.3 Å². The second-order valence-electron chi connectivity index (χ2n) is 10.1. The second-order valence-corrected chi connectivity index (χ2v) is 13.3. The first-order chi connectivity index (χ1) is 17.7. The lowest BCUT2D eigenvalue weighted by atomic mass is 10.1. The van der Waals surface area contributed by atoms with E-state index in [4.69, 9.17) is 4.74 Å². The molecule has 5 rings (SSSR count). The highest BCUT2D eigenvalue weighted by Gasteiger charge is 2.29. The average Bonchev–Trinajstić information content (AvgIpc) is 3.53. The lowest BCUT2D eigenvalue weighted by Gasteiger charge is -2.38. The molecule has 2 aliphatic rings. The number of fused-ring (bicyclic) bond motifs is 1. The maximum absolute atomic E-state index is 13.0. The van der Waals surface area contributed by atoms with Crippen LogP contribution in [-0.2, 0) is 23.6 Å². The van der Waals surface area contributed by atoms with Gasteiger partial charge < -0.3 is 9.30 Å². The Morgan fingerprint density at radius 2 is 1.95 bits per heavy atom. The second kappa shape index (κ2) is 10.8. The van der Waals surface area contributed by atoms with E-state index in [2.05, 4.69) is 21.7 Å². The SMILES string of the molecule is C[C@@H]1CN(S(C)(=O)=O)CCN1Cc1cc2c(=O)n(C)cc(-c3ccnc(OCCN4CCCC4)c3)c2s1. The van der Waals surface area contributed by atoms with Crippen LogP contribution >= 0.6 is 11.3 Å². The molecule has 0 aromatic carbocycles. The van der Waals surface area contributed by atoms with Crippen LogP contribution in [0.5, 0.6) is 5.88 Å². The normalized spacial score (nSPS) is 20.1. The van der Waals surface area contributed by atoms with Crippen LogP contribution < -0.4 is 10.3 Å². The van der Waals surface area contributed by atoms with Crippen molar-refractivity contribution < 1.29 is 13.2 Å². The van der Waals surface area contributed by atoms with E-state index in [1.807, 2.05) is 24.4 Å². The van der Waals surface area contributed by atoms with E-state index in [9.17, 15) is 13.2 Å². The van der Waals surface area contributed by atoms with E-state index in [0.29, 0.717) is 44.1 Å². The molecule has 0 N–H and O–H groups in total. The molecule has 2 fully saturated rings. The van der Waals surface area contributed by atoms with Crippen molar-refractivity contribution in [1.29, 1.82) is 0 Å². The van der Waals surface area contributed by atoms with Crippen molar-refractivity contribution in [3.05, 3.63) is 45.8 Å². The molecule has 11 heteroatoms. The summed E-state index contributed by atoms with van der Waals surface area (Å²) in [4.78, 5) is 23.2. The van der Waals surface area contributed by atoms with Gasteiger partial charge in [-0.05, 0) is 50.6 Å². The highest BCUT2D eigenvalue weighted by atomic mass is 32.2. The zero-order valence-corrected chi connectivity index (χ0v) is 23.4. The van der Waals surface area contributed by atoms with Crippen molar-refractivity contribution in [1.82, 2.24) is 23.7 Å². The molecule has 0 spiro atoms. The first kappa shape index (κ1) is 26.3. The minimum Gasteiger partial charge on any atom is -0.476 e. The highest BCUT2D eigenvalue weighted by Crippen LogP contribution is 2.35. The molecule has 200 valence electrons. The minimum absolute atomic E-state index is 0.0210. The standard InChI is InChI=1S/C26H35N5O4S2/c1-19-16-31(37(3,33)34)11-10-30(19)17-21-15-22-25(36-21)23(18-28(2)26(22)32)20-6-7-27-24(14-20)35-13-12-29-8-4-5-9-29/h6-7,14-15,18-19H,4-5,8-13,16-17H2,1-3H3/t19-/m1/s1. The lowest BCUT2D eigenvalue weighted by molar-refractivity contribution is 0.123. The third kappa shape index (κ3) is 5.91. The molecule has 37 heavy (non-hydrogen) atoms. The largest absolute Gasteiger partial charge is 0.476 e. The molecule has 3 aromatic heterocycles. The fraction of sp³-hybridized carbons (Fsp3) is 0.538. The number of hydrogen-bond acceptors (Lipinski definition) is 8. The van der Waals surface area contributed by atoms with Crippen LogP contribution in [0.3, 0.4) is 0 Å². The van der Waals surface area contributed by atoms with E-state index in [1.54, 1.807) is 33.5 Å². The quantitative estimate of drug-likeness (QED) is 0.430. The fourth-order valence-corrected chi connectivity index (χ4v) is 7.33. The Labute approximate surface area is 222 Å². The first-order valence-corrected chi connectivity index (χ1v) is 15.5. The van der Waals surface area contributed by atoms with Crippen LogP contribution in [0.2, 0.25) is 0 Å². The Morgan fingerprint density at radius 1 is 1.16 bits per heavy atom. The van der Waals surface area contributed by atoms with Gasteiger partial charge in [0, 0.05) is 79.4 Å². The molecule has 0 bridgehead atoms. The number of likely N-dealkylation sites (tertiary alicyclic amines) is 1. The summed E-state index contributed by atoms with van der Waals surface area (Å²) in [7, 11) is -1.41. The molecule has 5 heterocycles. The number of sulfonamides is 1. The lowest BCUT2D eigenvalue weighted by Crippen LogP contribution is -2.52. The van der Waals surface area contributed by atoms with Crippen LogP contribution in [-0.4, -0.2) is 90.2 Å². The van der Waals surface area contributed by atoms with Gasteiger partial charge in [0.2, 0.25) is 15.9 Å². The molecule has 0 saturated carbocycles. The summed E-state index contributed by atoms with van der Waals surface area (Å²) in [6.07, 6.45) is 7.43. The van der Waals surface area contributed by atoms with E-state index < -0.39 is 10.0 Å². The van der Waals surface area contributed by atoms with Crippen LogP contribution in [0.15, 0.2) is 35.4 Å². The number of ether oxygens (including phenoxy) is 1. The van der Waals surface area contributed by atoms with Gasteiger partial charge in [-0.25, -0.2) is 13.4 Å². The highest BCUT2D eigenvalue weighted by molar-refractivity contribution is 7.88. The van der Waals surface area contributed by atoms with Crippen molar-refractivity contribution in [2.24, 2.45) is 7.05 Å². The summed E-state index contributed by atoms with van der Waals surface area (Å²) in [6, 6.07) is 6.00. The average molecular weight is 546 g/mol. The number of aromatic nitrogens is 2. The van der Waals surface area contributed by atoms with Crippen molar-refractivity contribution in [3.8, 4) is 17.0 Å². The van der Waals surface area contributed by atoms with Gasteiger partial charge in [0.15, 0.2) is 0 Å². The van der Waals surface area contributed by atoms with E-state index >= 15 is 0 Å². The Balaban J connectivity index is 1.37. The Morgan fingerprint density at radius 3 is 2.68 bits per heavy atom. The van der Waals surface area contributed by atoms with Crippen molar-refractivity contribution in [2.75, 3.05) is 52.1 Å². The summed E-state index contributed by atoms with van der Waals surface area (Å²) in [5.41, 5.74) is 1.93. The monoisotopic (exact) mass is 545 g/mol. The van der Waals surface area contributed by atoms with Crippen molar-refractivity contribution in [2.45, 2.75) is 32.4 Å². The topological polar surface area (TPSA) is 88.0 Å². The Bertz CT molecular complexity index is 1430. The van der Waals surface area contributed by atoms with Gasteiger partial charge in [-0.3, -0.25) is 14.6 Å². The molecule has 2 aliphatic heterocycles. The van der Waals surface area contributed by atoms with Crippen molar-refractivity contribution in [3.63, 3.8) is 0 Å². The Hall–Kier alpha value is -2.31. The minimum atomic E-state index is -3.19. The first-order valence-electron chi connectivity index (χ1n) is 12.8. The molecule has 3 aromatic rings. The van der Waals surface area contributed by atoms with Crippen molar-refractivity contribution >= 4 is 31.4 Å². The van der Waals surface area contributed by atoms with Gasteiger partial charge >= 0.3 is 0 Å². The molecule has 0 aliphatic carbocycles. The van der Waals surface area contributed by atoms with Gasteiger partial charge in [0.05, 0.1) is 11.6 Å². The number of nitrogens with zero attached hydrogens (tertiary/aromatic N) is 5. The number of piperazine rings is 1. The van der Waals surface area contributed by atoms with E-state index in [-0.39, 0.29) is 11.6 Å². The van der Waals surface area contributed by atoms with Gasteiger partial charge in [-0.2, -0.15) is 4.31 Å². The van der Waals surface area contributed by atoms with E-state index in [1.165, 1.54) is 19.1 Å². The van der Waals surface area contributed by atoms with Crippen LogP contribution in [0, 0.1) is 0 Å². The van der Waals surface area contributed by atoms with Crippen LogP contribution in [0.25, 0.3) is 21.2 Å². The molecule has 0 unspecified atom stereocenters. The summed E-state index contributed by atoms with van der Waals surface area (Å²) in [6.45, 7) is 8.15. The zero-order chi connectivity index (χ0) is 26.2. The number of hydrogen-bond donors (Lipinski definition) is 0. The van der Waals surface area contributed by atoms with Gasteiger partial charge in [0.1, 0.15) is 6.61 Å². The van der Waals surface area contributed by atoms with Crippen LogP contribution in [0.4, 0.5) is 0 Å². The zero-order valence-electron chi connectivity index (χ0n) is 21.7. The van der Waals surface area contributed by atoms with Gasteiger partial charge in [-0.1, -0.05) is 0 Å². The van der Waals surface area contributed by atoms with Gasteiger partial charge in [0.25, 0.3) is 5.56 Å². The number of pyridine rings is 2. The molecule has 0 radical (unpaired) electrons. The summed E-state index contributed by atoms with van der Waals surface area (Å²) >= 11 is 1.63. The predicted molar refractivity (Wildman–Crippen MR) is 148 cm³/mol. The smallest absolute Gasteiger partial charge is 0.259 e. The van der Waals surface area contributed by atoms with Crippen LogP contribution in [0.1, 0.15) is 24.6 Å². The molecule has 0 amide bonds. The molecule has 1 atom stereocenters. The fourth-order valence-electron chi connectivity index (χ4n) is 5.22.